The average Bonchev–Trinajstić information content (AvgIpc) is 2.63. The van der Waals surface area contributed by atoms with Gasteiger partial charge in [0, 0.05) is 17.7 Å². The zero-order valence-electron chi connectivity index (χ0n) is 8.40. The van der Waals surface area contributed by atoms with E-state index in [9.17, 15) is 13.2 Å². The van der Waals surface area contributed by atoms with Gasteiger partial charge in [-0.15, -0.1) is 0 Å². The maximum atomic E-state index is 10.8. The van der Waals surface area contributed by atoms with Crippen molar-refractivity contribution in [3.63, 3.8) is 0 Å². The zero-order valence-corrected chi connectivity index (χ0v) is 10.0. The van der Waals surface area contributed by atoms with Gasteiger partial charge in [-0.2, -0.15) is 18.0 Å². The Balaban J connectivity index is 2.27. The molecule has 2 aromatic rings. The van der Waals surface area contributed by atoms with Crippen LogP contribution in [0.3, 0.4) is 0 Å². The molecule has 17 heavy (non-hydrogen) atoms. The molecule has 0 amide bonds. The summed E-state index contributed by atoms with van der Waals surface area (Å²) in [5.74, 6) is -0.510. The van der Waals surface area contributed by atoms with Crippen molar-refractivity contribution >= 4 is 21.7 Å². The van der Waals surface area contributed by atoms with Crippen LogP contribution in [-0.4, -0.2) is 22.3 Å². The van der Waals surface area contributed by atoms with Crippen molar-refractivity contribution in [2.75, 3.05) is 0 Å². The van der Waals surface area contributed by atoms with Crippen LogP contribution < -0.4 is 10.3 Å². The second-order valence-electron chi connectivity index (χ2n) is 3.24. The van der Waals surface area contributed by atoms with Crippen molar-refractivity contribution in [1.82, 2.24) is 9.36 Å². The summed E-state index contributed by atoms with van der Waals surface area (Å²) in [6.45, 7) is 0. The van der Waals surface area contributed by atoms with E-state index in [2.05, 4.69) is 9.36 Å². The van der Waals surface area contributed by atoms with Crippen molar-refractivity contribution in [3.8, 4) is 10.6 Å². The number of hydrogen-bond donors (Lipinski definition) is 2. The van der Waals surface area contributed by atoms with Gasteiger partial charge in [0.25, 0.3) is 5.88 Å². The summed E-state index contributed by atoms with van der Waals surface area (Å²) in [4.78, 5) is 14.6. The molecule has 0 aliphatic heterocycles. The second-order valence-corrected chi connectivity index (χ2v) is 5.46. The van der Waals surface area contributed by atoms with Crippen molar-refractivity contribution in [2.45, 2.75) is 5.88 Å². The smallest absolute Gasteiger partial charge is 0.281 e. The summed E-state index contributed by atoms with van der Waals surface area (Å²) in [5, 5.41) is 0.522. The molecule has 0 atom stereocenters. The number of H-pyrrole nitrogens is 1. The Morgan fingerprint density at radius 1 is 1.41 bits per heavy atom. The topological polar surface area (TPSA) is 104 Å². The van der Waals surface area contributed by atoms with Gasteiger partial charge < -0.3 is 0 Å². The van der Waals surface area contributed by atoms with Crippen LogP contribution in [0.2, 0.25) is 0 Å². The molecule has 2 aromatic heterocycles. The molecule has 9 heteroatoms. The Labute approximate surface area is 100 Å². The fourth-order valence-electron chi connectivity index (χ4n) is 1.23. The van der Waals surface area contributed by atoms with E-state index in [1.807, 2.05) is 0 Å². The van der Waals surface area contributed by atoms with Crippen molar-refractivity contribution in [2.24, 2.45) is 0 Å². The second kappa shape index (κ2) is 4.35. The Morgan fingerprint density at radius 2 is 2.06 bits per heavy atom. The molecule has 0 aromatic carbocycles. The third kappa shape index (κ3) is 3.19. The van der Waals surface area contributed by atoms with Gasteiger partial charge in [0.2, 0.25) is 0 Å². The number of aromatic amines is 1. The molecule has 2 N–H and O–H groups in total. The number of hydrogen-bond acceptors (Lipinski definition) is 5. The normalized spacial score (nSPS) is 11.6. The first-order valence-electron chi connectivity index (χ1n) is 4.44. The van der Waals surface area contributed by atoms with Gasteiger partial charge in [0.05, 0.1) is 0 Å². The molecule has 90 valence electrons. The maximum Gasteiger partial charge on any atom is 0.355 e. The molecule has 2 rings (SSSR count). The third-order valence-electron chi connectivity index (χ3n) is 1.89. The fourth-order valence-corrected chi connectivity index (χ4v) is 2.39. The third-order valence-corrected chi connectivity index (χ3v) is 3.31. The lowest BCUT2D eigenvalue weighted by molar-refractivity contribution is -0.678. The number of aromatic nitrogens is 3. The number of nitrogens with zero attached hydrogens (tertiary/aromatic N) is 2. The SMILES string of the molecule is O=c1nc(-c2cc[n+](CS(=O)(=O)O)cc2)s[nH]1. The lowest BCUT2D eigenvalue weighted by atomic mass is 10.3. The summed E-state index contributed by atoms with van der Waals surface area (Å²) in [6.07, 6.45) is 2.96. The van der Waals surface area contributed by atoms with Crippen molar-refractivity contribution in [1.29, 1.82) is 0 Å². The van der Waals surface area contributed by atoms with E-state index in [0.717, 1.165) is 11.5 Å². The van der Waals surface area contributed by atoms with Gasteiger partial charge in [0.15, 0.2) is 12.4 Å². The zero-order chi connectivity index (χ0) is 12.5. The average molecular weight is 274 g/mol. The molecule has 0 saturated carbocycles. The molecule has 0 aliphatic rings. The minimum atomic E-state index is -4.06. The lowest BCUT2D eigenvalue weighted by Crippen LogP contribution is -2.36. The van der Waals surface area contributed by atoms with Gasteiger partial charge in [0.1, 0.15) is 5.01 Å². The Morgan fingerprint density at radius 3 is 2.53 bits per heavy atom. The first-order chi connectivity index (χ1) is 7.94. The monoisotopic (exact) mass is 274 g/mol. The minimum absolute atomic E-state index is 0.417. The first kappa shape index (κ1) is 11.9. The van der Waals surface area contributed by atoms with E-state index < -0.39 is 21.7 Å². The molecule has 0 fully saturated rings. The molecule has 0 bridgehead atoms. The summed E-state index contributed by atoms with van der Waals surface area (Å²) < 4.78 is 33.7. The van der Waals surface area contributed by atoms with Crippen molar-refractivity contribution in [3.05, 3.63) is 35.0 Å². The predicted octanol–water partition coefficient (Wildman–Crippen LogP) is -0.369. The number of rotatable bonds is 3. The summed E-state index contributed by atoms with van der Waals surface area (Å²) in [7, 11) is -4.06. The van der Waals surface area contributed by atoms with Gasteiger partial charge in [-0.1, -0.05) is 0 Å². The summed E-state index contributed by atoms with van der Waals surface area (Å²) >= 11 is 1.10. The van der Waals surface area contributed by atoms with Gasteiger partial charge in [-0.25, -0.2) is 4.79 Å². The van der Waals surface area contributed by atoms with E-state index in [4.69, 9.17) is 4.55 Å². The van der Waals surface area contributed by atoms with Crippen LogP contribution in [0.25, 0.3) is 10.6 Å². The predicted molar refractivity (Wildman–Crippen MR) is 59.9 cm³/mol. The minimum Gasteiger partial charge on any atom is -0.281 e. The van der Waals surface area contributed by atoms with Crippen LogP contribution >= 0.6 is 11.5 Å². The molecule has 7 nitrogen and oxygen atoms in total. The van der Waals surface area contributed by atoms with Gasteiger partial charge >= 0.3 is 15.8 Å². The van der Waals surface area contributed by atoms with Crippen LogP contribution in [0.5, 0.6) is 0 Å². The van der Waals surface area contributed by atoms with Crippen LogP contribution in [-0.2, 0) is 16.0 Å². The fraction of sp³-hybridized carbons (Fsp3) is 0.125. The molecule has 0 radical (unpaired) electrons. The van der Waals surface area contributed by atoms with Crippen LogP contribution in [0.15, 0.2) is 29.3 Å². The Hall–Kier alpha value is -1.58. The highest BCUT2D eigenvalue weighted by Crippen LogP contribution is 2.16. The highest BCUT2D eigenvalue weighted by atomic mass is 32.2. The number of pyridine rings is 1. The molecular weight excluding hydrogens is 266 g/mol. The summed E-state index contributed by atoms with van der Waals surface area (Å²) in [5.41, 5.74) is 0.277. The van der Waals surface area contributed by atoms with E-state index in [1.54, 1.807) is 12.1 Å². The Bertz CT molecular complexity index is 671. The molecule has 0 unspecified atom stereocenters. The molecule has 2 heterocycles. The van der Waals surface area contributed by atoms with Gasteiger partial charge in [-0.3, -0.25) is 8.93 Å². The lowest BCUT2D eigenvalue weighted by Gasteiger charge is -1.95. The molecule has 0 saturated heterocycles. The van der Waals surface area contributed by atoms with Crippen LogP contribution in [0, 0.1) is 0 Å². The highest BCUT2D eigenvalue weighted by Gasteiger charge is 2.13. The molecule has 0 aliphatic carbocycles. The molecular formula is C8H8N3O4S2+. The van der Waals surface area contributed by atoms with Crippen LogP contribution in [0.1, 0.15) is 0 Å². The van der Waals surface area contributed by atoms with E-state index in [0.29, 0.717) is 10.6 Å². The van der Waals surface area contributed by atoms with E-state index in [-0.39, 0.29) is 0 Å². The van der Waals surface area contributed by atoms with E-state index >= 15 is 0 Å². The largest absolute Gasteiger partial charge is 0.355 e. The first-order valence-corrected chi connectivity index (χ1v) is 6.87. The highest BCUT2D eigenvalue weighted by molar-refractivity contribution is 7.84. The Kier molecular flexibility index (Phi) is 3.05. The standard InChI is InChI=1S/C8H7N3O4S2/c12-8-9-7(16-10-8)6-1-3-11(4-2-6)5-17(13,14)15/h1-4H,5H2,(H-,10,12,13,14,15)/p+1. The number of nitrogens with one attached hydrogen (secondary N) is 1. The quantitative estimate of drug-likeness (QED) is 0.587. The molecule has 0 spiro atoms. The van der Waals surface area contributed by atoms with Crippen LogP contribution in [0.4, 0.5) is 0 Å². The maximum absolute atomic E-state index is 10.8. The summed E-state index contributed by atoms with van der Waals surface area (Å²) in [6, 6.07) is 3.22. The van der Waals surface area contributed by atoms with E-state index in [1.165, 1.54) is 17.0 Å². The van der Waals surface area contributed by atoms with Gasteiger partial charge in [-0.05, 0) is 11.5 Å². The van der Waals surface area contributed by atoms with Crippen molar-refractivity contribution < 1.29 is 17.5 Å².